The molecular formula is C69H127N3O4. The van der Waals surface area contributed by atoms with Crippen molar-refractivity contribution in [1.82, 2.24) is 14.7 Å². The molecule has 0 spiro atoms. The Kier molecular flexibility index (Phi) is 58.4. The zero-order valence-electron chi connectivity index (χ0n) is 50.8. The summed E-state index contributed by atoms with van der Waals surface area (Å²) in [6.45, 7) is 14.3. The molecule has 0 aromatic carbocycles. The number of aliphatic hydroxyl groups excluding tert-OH is 4. The SMILES string of the molecule is CCCCCCC/C=C\C/C=C\CCC(O)CN(CCN(C)CCN(CC(O)CC/C=C\C/C=C\CCCCCCC)CC(O)CC/C=C\C/C=C\CCCCCCC)CC(O)CC/C=C\C/C=C\CCCCCCC. The fourth-order valence-electron chi connectivity index (χ4n) is 9.45. The van der Waals surface area contributed by atoms with Crippen molar-refractivity contribution in [2.45, 2.75) is 283 Å². The number of likely N-dealkylation sites (N-methyl/N-ethyl adjacent to an activating group) is 1. The standard InChI is InChI=1S/C69H127N3O4/c1-6-10-14-18-22-26-30-34-38-42-46-50-54-66(73)62-71(63-67(74)55-51-47-43-39-35-31-27-23-19-15-11-7-2)60-58-70(5)59-61-72(64-68(75)56-52-48-44-40-36-32-28-24-20-16-12-8-3)65-69(76)57-53-49-45-41-37-33-29-25-21-17-13-9-4/h30-37,42-49,66-69,73-76H,6-29,38-41,50-65H2,1-5H3/b34-30-,35-31-,36-32-,37-33-,46-42-,47-43-,48-44-,49-45-. The topological polar surface area (TPSA) is 90.6 Å². The zero-order chi connectivity index (χ0) is 55.5. The van der Waals surface area contributed by atoms with Gasteiger partial charge < -0.3 is 25.3 Å². The third kappa shape index (κ3) is 56.4. The summed E-state index contributed by atoms with van der Waals surface area (Å²) in [6, 6.07) is 0. The molecule has 7 heteroatoms. The average Bonchev–Trinajstić information content (AvgIpc) is 3.40. The van der Waals surface area contributed by atoms with Gasteiger partial charge >= 0.3 is 0 Å². The van der Waals surface area contributed by atoms with E-state index in [4.69, 9.17) is 0 Å². The molecule has 76 heavy (non-hydrogen) atoms. The summed E-state index contributed by atoms with van der Waals surface area (Å²) in [5.41, 5.74) is 0. The summed E-state index contributed by atoms with van der Waals surface area (Å²) in [7, 11) is 2.14. The van der Waals surface area contributed by atoms with Crippen molar-refractivity contribution >= 4 is 0 Å². The Labute approximate surface area is 472 Å². The largest absolute Gasteiger partial charge is 0.392 e. The summed E-state index contributed by atoms with van der Waals surface area (Å²) >= 11 is 0. The minimum atomic E-state index is -0.467. The van der Waals surface area contributed by atoms with Gasteiger partial charge in [0.2, 0.25) is 0 Å². The van der Waals surface area contributed by atoms with Gasteiger partial charge in [-0.05, 0) is 135 Å². The van der Waals surface area contributed by atoms with Crippen LogP contribution in [0.1, 0.15) is 259 Å². The van der Waals surface area contributed by atoms with E-state index in [0.717, 1.165) is 103 Å². The van der Waals surface area contributed by atoms with Crippen LogP contribution >= 0.6 is 0 Å². The molecular weight excluding hydrogens is 935 g/mol. The summed E-state index contributed by atoms with van der Waals surface area (Å²) in [5.74, 6) is 0. The Morgan fingerprint density at radius 1 is 0.263 bits per heavy atom. The van der Waals surface area contributed by atoms with Crippen LogP contribution in [0.3, 0.4) is 0 Å². The van der Waals surface area contributed by atoms with Crippen LogP contribution in [0.15, 0.2) is 97.2 Å². The van der Waals surface area contributed by atoms with Crippen LogP contribution < -0.4 is 0 Å². The predicted octanol–water partition coefficient (Wildman–Crippen LogP) is 17.5. The third-order valence-corrected chi connectivity index (χ3v) is 14.5. The van der Waals surface area contributed by atoms with E-state index in [1.165, 1.54) is 128 Å². The fraction of sp³-hybridized carbons (Fsp3) is 0.768. The molecule has 0 amide bonds. The van der Waals surface area contributed by atoms with E-state index >= 15 is 0 Å². The van der Waals surface area contributed by atoms with Gasteiger partial charge in [0.15, 0.2) is 0 Å². The fourth-order valence-corrected chi connectivity index (χ4v) is 9.45. The number of rotatable bonds is 58. The van der Waals surface area contributed by atoms with Crippen molar-refractivity contribution < 1.29 is 20.4 Å². The molecule has 0 aliphatic rings. The van der Waals surface area contributed by atoms with Gasteiger partial charge in [-0.15, -0.1) is 0 Å². The molecule has 0 aromatic heterocycles. The highest BCUT2D eigenvalue weighted by Gasteiger charge is 2.19. The Balaban J connectivity index is 5.47. The van der Waals surface area contributed by atoms with E-state index in [-0.39, 0.29) is 0 Å². The smallest absolute Gasteiger partial charge is 0.0670 e. The van der Waals surface area contributed by atoms with Gasteiger partial charge in [0, 0.05) is 52.4 Å². The lowest BCUT2D eigenvalue weighted by Crippen LogP contribution is -2.44. The maximum absolute atomic E-state index is 11.3. The first-order valence-electron chi connectivity index (χ1n) is 32.3. The Morgan fingerprint density at radius 2 is 0.474 bits per heavy atom. The van der Waals surface area contributed by atoms with E-state index in [9.17, 15) is 20.4 Å². The molecule has 4 atom stereocenters. The van der Waals surface area contributed by atoms with Gasteiger partial charge in [-0.2, -0.15) is 0 Å². The molecule has 0 saturated heterocycles. The van der Waals surface area contributed by atoms with Crippen molar-refractivity contribution in [2.75, 3.05) is 59.4 Å². The van der Waals surface area contributed by atoms with E-state index in [2.05, 4.69) is 147 Å². The summed E-state index contributed by atoms with van der Waals surface area (Å²) < 4.78 is 0. The first-order valence-corrected chi connectivity index (χ1v) is 32.3. The Bertz CT molecular complexity index is 1220. The summed E-state index contributed by atoms with van der Waals surface area (Å²) in [4.78, 5) is 6.84. The van der Waals surface area contributed by atoms with E-state index < -0.39 is 24.4 Å². The van der Waals surface area contributed by atoms with E-state index in [1.54, 1.807) is 0 Å². The van der Waals surface area contributed by atoms with Crippen molar-refractivity contribution in [3.8, 4) is 0 Å². The molecule has 0 aromatic rings. The second-order valence-electron chi connectivity index (χ2n) is 22.3. The molecule has 0 saturated carbocycles. The molecule has 4 unspecified atom stereocenters. The highest BCUT2D eigenvalue weighted by atomic mass is 16.3. The predicted molar refractivity (Wildman–Crippen MR) is 336 cm³/mol. The minimum Gasteiger partial charge on any atom is -0.392 e. The monoisotopic (exact) mass is 1060 g/mol. The summed E-state index contributed by atoms with van der Waals surface area (Å²) in [5, 5.41) is 45.0. The lowest BCUT2D eigenvalue weighted by molar-refractivity contribution is 0.0517. The number of unbranched alkanes of at least 4 members (excludes halogenated alkanes) is 20. The number of nitrogens with zero attached hydrogens (tertiary/aromatic N) is 3. The van der Waals surface area contributed by atoms with Crippen LogP contribution in [0.4, 0.5) is 0 Å². The van der Waals surface area contributed by atoms with Gasteiger partial charge in [-0.1, -0.05) is 228 Å². The second-order valence-corrected chi connectivity index (χ2v) is 22.3. The van der Waals surface area contributed by atoms with Crippen molar-refractivity contribution in [3.05, 3.63) is 97.2 Å². The third-order valence-electron chi connectivity index (χ3n) is 14.5. The van der Waals surface area contributed by atoms with Crippen LogP contribution in [-0.2, 0) is 0 Å². The van der Waals surface area contributed by atoms with E-state index in [0.29, 0.717) is 51.9 Å². The molecule has 0 aliphatic heterocycles. The number of aliphatic hydroxyl groups is 4. The van der Waals surface area contributed by atoms with Gasteiger partial charge in [0.05, 0.1) is 24.4 Å². The molecule has 0 radical (unpaired) electrons. The molecule has 4 N–H and O–H groups in total. The van der Waals surface area contributed by atoms with Crippen LogP contribution in [0.5, 0.6) is 0 Å². The van der Waals surface area contributed by atoms with Gasteiger partial charge in [0.1, 0.15) is 0 Å². The molecule has 0 rings (SSSR count). The van der Waals surface area contributed by atoms with Crippen molar-refractivity contribution in [3.63, 3.8) is 0 Å². The highest BCUT2D eigenvalue weighted by Crippen LogP contribution is 2.13. The second kappa shape index (κ2) is 60.3. The first kappa shape index (κ1) is 73.6. The first-order chi connectivity index (χ1) is 37.2. The highest BCUT2D eigenvalue weighted by molar-refractivity contribution is 4.96. The average molecular weight is 1060 g/mol. The maximum Gasteiger partial charge on any atom is 0.0670 e. The maximum atomic E-state index is 11.3. The molecule has 0 fully saturated rings. The van der Waals surface area contributed by atoms with Gasteiger partial charge in [-0.3, -0.25) is 9.80 Å². The molecule has 442 valence electrons. The van der Waals surface area contributed by atoms with Gasteiger partial charge in [-0.25, -0.2) is 0 Å². The van der Waals surface area contributed by atoms with E-state index in [1.807, 2.05) is 0 Å². The normalized spacial score (nSPS) is 14.6. The Hall–Kier alpha value is -2.36. The lowest BCUT2D eigenvalue weighted by atomic mass is 10.1. The number of hydrogen-bond donors (Lipinski definition) is 4. The van der Waals surface area contributed by atoms with Gasteiger partial charge in [0.25, 0.3) is 0 Å². The van der Waals surface area contributed by atoms with Crippen molar-refractivity contribution in [1.29, 1.82) is 0 Å². The lowest BCUT2D eigenvalue weighted by Gasteiger charge is -2.31. The van der Waals surface area contributed by atoms with Crippen LogP contribution in [-0.4, -0.2) is 119 Å². The van der Waals surface area contributed by atoms with Crippen LogP contribution in [0, 0.1) is 0 Å². The molecule has 0 bridgehead atoms. The van der Waals surface area contributed by atoms with Crippen LogP contribution in [0.25, 0.3) is 0 Å². The molecule has 0 heterocycles. The Morgan fingerprint density at radius 3 is 0.697 bits per heavy atom. The molecule has 0 aliphatic carbocycles. The quantitative estimate of drug-likeness (QED) is 0.0356. The number of allylic oxidation sites excluding steroid dienone is 16. The van der Waals surface area contributed by atoms with Crippen LogP contribution in [0.2, 0.25) is 0 Å². The summed E-state index contributed by atoms with van der Waals surface area (Å²) in [6.07, 6.45) is 75.1. The molecule has 7 nitrogen and oxygen atoms in total. The zero-order valence-corrected chi connectivity index (χ0v) is 50.8. The van der Waals surface area contributed by atoms with Crippen molar-refractivity contribution in [2.24, 2.45) is 0 Å². The number of hydrogen-bond acceptors (Lipinski definition) is 7. The minimum absolute atomic E-state index is 0.467.